The van der Waals surface area contributed by atoms with Crippen molar-refractivity contribution in [1.29, 1.82) is 0 Å². The van der Waals surface area contributed by atoms with Gasteiger partial charge in [0.15, 0.2) is 0 Å². The van der Waals surface area contributed by atoms with Crippen LogP contribution in [0, 0.1) is 5.92 Å². The van der Waals surface area contributed by atoms with Crippen LogP contribution in [-0.2, 0) is 21.3 Å². The normalized spacial score (nSPS) is 21.3. The van der Waals surface area contributed by atoms with Crippen molar-refractivity contribution in [3.63, 3.8) is 0 Å². The SMILES string of the molecule is COC(CS(=O)(=O)N1Cc2cncnc2C(C)C1)C(C)C. The van der Waals surface area contributed by atoms with Gasteiger partial charge in [0.2, 0.25) is 10.0 Å². The Hall–Kier alpha value is -1.05. The number of methoxy groups -OCH3 is 1. The van der Waals surface area contributed by atoms with Gasteiger partial charge in [-0.25, -0.2) is 18.4 Å². The van der Waals surface area contributed by atoms with Gasteiger partial charge in [0.25, 0.3) is 0 Å². The first-order valence-corrected chi connectivity index (χ1v) is 8.75. The topological polar surface area (TPSA) is 72.4 Å². The van der Waals surface area contributed by atoms with E-state index in [9.17, 15) is 8.42 Å². The third kappa shape index (κ3) is 3.59. The molecule has 0 bridgehead atoms. The lowest BCUT2D eigenvalue weighted by Gasteiger charge is -2.32. The van der Waals surface area contributed by atoms with E-state index < -0.39 is 10.0 Å². The van der Waals surface area contributed by atoms with Crippen LogP contribution in [0.3, 0.4) is 0 Å². The maximum atomic E-state index is 12.6. The Morgan fingerprint density at radius 3 is 2.81 bits per heavy atom. The van der Waals surface area contributed by atoms with E-state index in [4.69, 9.17) is 4.74 Å². The molecule has 0 aromatic carbocycles. The fourth-order valence-electron chi connectivity index (χ4n) is 2.64. The molecule has 2 rings (SSSR count). The molecule has 0 spiro atoms. The Morgan fingerprint density at radius 1 is 1.48 bits per heavy atom. The van der Waals surface area contributed by atoms with Crippen LogP contribution in [0.15, 0.2) is 12.5 Å². The molecule has 21 heavy (non-hydrogen) atoms. The molecule has 7 heteroatoms. The molecule has 0 radical (unpaired) electrons. The Kier molecular flexibility index (Phi) is 4.95. The molecule has 0 aliphatic carbocycles. The van der Waals surface area contributed by atoms with E-state index in [0.717, 1.165) is 11.3 Å². The molecule has 2 unspecified atom stereocenters. The fourth-order valence-corrected chi connectivity index (χ4v) is 4.57. The highest BCUT2D eigenvalue weighted by atomic mass is 32.2. The van der Waals surface area contributed by atoms with Gasteiger partial charge in [-0.05, 0) is 5.92 Å². The van der Waals surface area contributed by atoms with Gasteiger partial charge in [0, 0.05) is 37.9 Å². The minimum Gasteiger partial charge on any atom is -0.380 e. The summed E-state index contributed by atoms with van der Waals surface area (Å²) >= 11 is 0. The fraction of sp³-hybridized carbons (Fsp3) is 0.714. The highest BCUT2D eigenvalue weighted by Gasteiger charge is 2.33. The van der Waals surface area contributed by atoms with Crippen LogP contribution in [-0.4, -0.2) is 48.2 Å². The van der Waals surface area contributed by atoms with Crippen molar-refractivity contribution < 1.29 is 13.2 Å². The van der Waals surface area contributed by atoms with Crippen LogP contribution in [0.4, 0.5) is 0 Å². The second-order valence-electron chi connectivity index (χ2n) is 5.92. The summed E-state index contributed by atoms with van der Waals surface area (Å²) in [6, 6.07) is 0. The first-order chi connectivity index (χ1) is 9.85. The summed E-state index contributed by atoms with van der Waals surface area (Å²) in [6.45, 7) is 6.72. The first-order valence-electron chi connectivity index (χ1n) is 7.14. The molecule has 1 aliphatic rings. The van der Waals surface area contributed by atoms with Crippen molar-refractivity contribution in [2.75, 3.05) is 19.4 Å². The molecule has 0 fully saturated rings. The lowest BCUT2D eigenvalue weighted by molar-refractivity contribution is 0.0816. The van der Waals surface area contributed by atoms with Crippen molar-refractivity contribution >= 4 is 10.0 Å². The molecule has 2 heterocycles. The van der Waals surface area contributed by atoms with Crippen molar-refractivity contribution in [2.45, 2.75) is 39.3 Å². The summed E-state index contributed by atoms with van der Waals surface area (Å²) in [4.78, 5) is 8.26. The van der Waals surface area contributed by atoms with Gasteiger partial charge in [0.05, 0.1) is 17.6 Å². The average molecular weight is 313 g/mol. The molecular weight excluding hydrogens is 290 g/mol. The van der Waals surface area contributed by atoms with Gasteiger partial charge in [0.1, 0.15) is 6.33 Å². The van der Waals surface area contributed by atoms with Crippen molar-refractivity contribution in [1.82, 2.24) is 14.3 Å². The zero-order valence-corrected chi connectivity index (χ0v) is 13.8. The summed E-state index contributed by atoms with van der Waals surface area (Å²) in [6.07, 6.45) is 2.93. The van der Waals surface area contributed by atoms with E-state index in [1.165, 1.54) is 10.6 Å². The van der Waals surface area contributed by atoms with Gasteiger partial charge in [-0.3, -0.25) is 0 Å². The number of hydrogen-bond donors (Lipinski definition) is 0. The van der Waals surface area contributed by atoms with E-state index in [1.54, 1.807) is 13.3 Å². The van der Waals surface area contributed by atoms with Crippen LogP contribution < -0.4 is 0 Å². The molecule has 1 aliphatic heterocycles. The number of rotatable bonds is 5. The highest BCUT2D eigenvalue weighted by molar-refractivity contribution is 7.89. The van der Waals surface area contributed by atoms with E-state index >= 15 is 0 Å². The third-order valence-electron chi connectivity index (χ3n) is 3.93. The summed E-state index contributed by atoms with van der Waals surface area (Å²) in [5, 5.41) is 0. The molecule has 118 valence electrons. The maximum absolute atomic E-state index is 12.6. The summed E-state index contributed by atoms with van der Waals surface area (Å²) in [5.74, 6) is 0.242. The van der Waals surface area contributed by atoms with Crippen molar-refractivity contribution in [3.05, 3.63) is 23.8 Å². The van der Waals surface area contributed by atoms with Gasteiger partial charge < -0.3 is 4.74 Å². The Balaban J connectivity index is 2.19. The van der Waals surface area contributed by atoms with E-state index in [2.05, 4.69) is 9.97 Å². The average Bonchev–Trinajstić information content (AvgIpc) is 2.44. The minimum absolute atomic E-state index is 0.0108. The molecule has 0 amide bonds. The van der Waals surface area contributed by atoms with Crippen molar-refractivity contribution in [3.8, 4) is 0 Å². The Bertz CT molecular complexity index is 589. The largest absolute Gasteiger partial charge is 0.380 e. The number of aromatic nitrogens is 2. The summed E-state index contributed by atoms with van der Waals surface area (Å²) in [5.41, 5.74) is 1.84. The Morgan fingerprint density at radius 2 is 2.19 bits per heavy atom. The van der Waals surface area contributed by atoms with Gasteiger partial charge in [-0.2, -0.15) is 4.31 Å². The molecule has 1 aromatic rings. The van der Waals surface area contributed by atoms with Crippen LogP contribution in [0.2, 0.25) is 0 Å². The Labute approximate surface area is 126 Å². The van der Waals surface area contributed by atoms with Crippen LogP contribution in [0.5, 0.6) is 0 Å². The molecule has 0 saturated carbocycles. The number of sulfonamides is 1. The van der Waals surface area contributed by atoms with E-state index in [-0.39, 0.29) is 23.7 Å². The predicted octanol–water partition coefficient (Wildman–Crippen LogP) is 1.40. The lowest BCUT2D eigenvalue weighted by Crippen LogP contribution is -2.42. The zero-order chi connectivity index (χ0) is 15.6. The summed E-state index contributed by atoms with van der Waals surface area (Å²) in [7, 11) is -1.80. The van der Waals surface area contributed by atoms with Gasteiger partial charge in [-0.1, -0.05) is 20.8 Å². The monoisotopic (exact) mass is 313 g/mol. The van der Waals surface area contributed by atoms with Crippen LogP contribution >= 0.6 is 0 Å². The number of fused-ring (bicyclic) bond motifs is 1. The number of ether oxygens (including phenoxy) is 1. The summed E-state index contributed by atoms with van der Waals surface area (Å²) < 4.78 is 32.1. The number of hydrogen-bond acceptors (Lipinski definition) is 5. The highest BCUT2D eigenvalue weighted by Crippen LogP contribution is 2.27. The second-order valence-corrected chi connectivity index (χ2v) is 7.94. The van der Waals surface area contributed by atoms with E-state index in [0.29, 0.717) is 13.1 Å². The predicted molar refractivity (Wildman–Crippen MR) is 80.3 cm³/mol. The quantitative estimate of drug-likeness (QED) is 0.821. The molecule has 0 saturated heterocycles. The number of nitrogens with zero attached hydrogens (tertiary/aromatic N) is 3. The van der Waals surface area contributed by atoms with E-state index in [1.807, 2.05) is 20.8 Å². The van der Waals surface area contributed by atoms with Gasteiger partial charge >= 0.3 is 0 Å². The molecular formula is C14H23N3O3S. The first kappa shape index (κ1) is 16.3. The molecule has 1 aromatic heterocycles. The maximum Gasteiger partial charge on any atom is 0.216 e. The van der Waals surface area contributed by atoms with Crippen molar-refractivity contribution in [2.24, 2.45) is 5.92 Å². The zero-order valence-electron chi connectivity index (χ0n) is 13.0. The second kappa shape index (κ2) is 6.37. The van der Waals surface area contributed by atoms with Crippen LogP contribution in [0.25, 0.3) is 0 Å². The third-order valence-corrected chi connectivity index (χ3v) is 5.74. The molecule has 2 atom stereocenters. The van der Waals surface area contributed by atoms with Gasteiger partial charge in [-0.15, -0.1) is 0 Å². The minimum atomic E-state index is -3.36. The smallest absolute Gasteiger partial charge is 0.216 e. The standard InChI is InChI=1S/C14H23N3O3S/c1-10(2)13(20-4)8-21(18,19)17-6-11(3)14-12(7-17)5-15-9-16-14/h5,9-11,13H,6-8H2,1-4H3. The molecule has 0 N–H and O–H groups in total. The van der Waals surface area contributed by atoms with Crippen LogP contribution in [0.1, 0.15) is 37.9 Å². The molecule has 6 nitrogen and oxygen atoms in total. The lowest BCUT2D eigenvalue weighted by atomic mass is 9.99.